The summed E-state index contributed by atoms with van der Waals surface area (Å²) in [5, 5.41) is 9.07. The Morgan fingerprint density at radius 3 is 1.47 bits per heavy atom. The zero-order valence-electron chi connectivity index (χ0n) is 20.1. The van der Waals surface area contributed by atoms with Gasteiger partial charge >= 0.3 is 11.9 Å². The van der Waals surface area contributed by atoms with Crippen molar-refractivity contribution in [2.45, 2.75) is 155 Å². The summed E-state index contributed by atoms with van der Waals surface area (Å²) < 4.78 is 5.47. The van der Waals surface area contributed by atoms with E-state index in [1.165, 1.54) is 89.9 Å². The fraction of sp³-hybridized carbons (Fsp3) is 0.923. The predicted octanol–water partition coefficient (Wildman–Crippen LogP) is 8.21. The van der Waals surface area contributed by atoms with Crippen LogP contribution in [0.4, 0.5) is 0 Å². The molecule has 1 unspecified atom stereocenters. The maximum Gasteiger partial charge on any atom is 0.307 e. The quantitative estimate of drug-likeness (QED) is 0.132. The molecular weight excluding hydrogens is 376 g/mol. The third-order valence-corrected chi connectivity index (χ3v) is 5.81. The van der Waals surface area contributed by atoms with Crippen LogP contribution in [0, 0.1) is 0 Å². The standard InChI is InChI=1S/C26H50O4/c1-3-5-7-9-11-12-13-14-15-16-18-20-22-26(29)30-24(23-25(27)28)21-19-17-10-8-6-4-2/h24H,3-23H2,1-2H3,(H,27,28). The van der Waals surface area contributed by atoms with Gasteiger partial charge in [-0.1, -0.05) is 117 Å². The first-order chi connectivity index (χ1) is 14.6. The Balaban J connectivity index is 3.67. The van der Waals surface area contributed by atoms with Crippen molar-refractivity contribution in [3.05, 3.63) is 0 Å². The van der Waals surface area contributed by atoms with Crippen molar-refractivity contribution in [2.24, 2.45) is 0 Å². The highest BCUT2D eigenvalue weighted by Gasteiger charge is 2.17. The van der Waals surface area contributed by atoms with Gasteiger partial charge in [0.2, 0.25) is 0 Å². The van der Waals surface area contributed by atoms with Gasteiger partial charge in [0.1, 0.15) is 6.10 Å². The molecule has 0 saturated heterocycles. The number of carboxylic acids is 1. The van der Waals surface area contributed by atoms with E-state index in [1.54, 1.807) is 0 Å². The lowest BCUT2D eigenvalue weighted by Gasteiger charge is -2.16. The predicted molar refractivity (Wildman–Crippen MR) is 126 cm³/mol. The minimum absolute atomic E-state index is 0.0703. The highest BCUT2D eigenvalue weighted by molar-refractivity contribution is 5.71. The molecule has 30 heavy (non-hydrogen) atoms. The van der Waals surface area contributed by atoms with Gasteiger partial charge in [0.15, 0.2) is 0 Å². The Morgan fingerprint density at radius 1 is 0.633 bits per heavy atom. The molecular formula is C26H50O4. The lowest BCUT2D eigenvalue weighted by atomic mass is 10.0. The van der Waals surface area contributed by atoms with Crippen LogP contribution in [0.1, 0.15) is 149 Å². The van der Waals surface area contributed by atoms with E-state index in [9.17, 15) is 9.59 Å². The lowest BCUT2D eigenvalue weighted by molar-refractivity contribution is -0.153. The minimum atomic E-state index is -0.885. The number of hydrogen-bond acceptors (Lipinski definition) is 3. The van der Waals surface area contributed by atoms with Crippen LogP contribution in [-0.2, 0) is 14.3 Å². The molecule has 0 aromatic rings. The van der Waals surface area contributed by atoms with E-state index in [0.29, 0.717) is 12.8 Å². The first kappa shape index (κ1) is 28.9. The number of hydrogen-bond donors (Lipinski definition) is 1. The van der Waals surface area contributed by atoms with Gasteiger partial charge in [-0.2, -0.15) is 0 Å². The molecule has 0 rings (SSSR count). The summed E-state index contributed by atoms with van der Waals surface area (Å²) in [7, 11) is 0. The minimum Gasteiger partial charge on any atom is -0.481 e. The van der Waals surface area contributed by atoms with Crippen LogP contribution in [0.25, 0.3) is 0 Å². The summed E-state index contributed by atoms with van der Waals surface area (Å²) in [5.41, 5.74) is 0. The summed E-state index contributed by atoms with van der Waals surface area (Å²) in [4.78, 5) is 23.1. The summed E-state index contributed by atoms with van der Waals surface area (Å²) in [6, 6.07) is 0. The number of carbonyl (C=O) groups excluding carboxylic acids is 1. The molecule has 4 heteroatoms. The average Bonchev–Trinajstić information content (AvgIpc) is 2.70. The Kier molecular flexibility index (Phi) is 21.8. The van der Waals surface area contributed by atoms with E-state index in [4.69, 9.17) is 9.84 Å². The molecule has 4 nitrogen and oxygen atoms in total. The van der Waals surface area contributed by atoms with Gasteiger partial charge in [-0.25, -0.2) is 0 Å². The number of aliphatic carboxylic acids is 1. The smallest absolute Gasteiger partial charge is 0.307 e. The molecule has 0 bridgehead atoms. The normalized spacial score (nSPS) is 12.1. The molecule has 0 radical (unpaired) electrons. The van der Waals surface area contributed by atoms with Gasteiger partial charge in [0, 0.05) is 6.42 Å². The van der Waals surface area contributed by atoms with Crippen molar-refractivity contribution in [2.75, 3.05) is 0 Å². The Bertz CT molecular complexity index is 394. The van der Waals surface area contributed by atoms with Crippen molar-refractivity contribution >= 4 is 11.9 Å². The van der Waals surface area contributed by atoms with Gasteiger partial charge in [-0.15, -0.1) is 0 Å². The molecule has 0 fully saturated rings. The van der Waals surface area contributed by atoms with E-state index in [1.807, 2.05) is 0 Å². The average molecular weight is 427 g/mol. The third-order valence-electron chi connectivity index (χ3n) is 5.81. The second-order valence-corrected chi connectivity index (χ2v) is 8.91. The van der Waals surface area contributed by atoms with Crippen LogP contribution < -0.4 is 0 Å². The van der Waals surface area contributed by atoms with Gasteiger partial charge in [0.25, 0.3) is 0 Å². The van der Waals surface area contributed by atoms with E-state index < -0.39 is 12.1 Å². The molecule has 1 N–H and O–H groups in total. The van der Waals surface area contributed by atoms with E-state index in [0.717, 1.165) is 25.7 Å². The van der Waals surface area contributed by atoms with Gasteiger partial charge in [0.05, 0.1) is 6.42 Å². The second kappa shape index (κ2) is 22.6. The first-order valence-electron chi connectivity index (χ1n) is 13.0. The van der Waals surface area contributed by atoms with Crippen molar-refractivity contribution in [3.8, 4) is 0 Å². The molecule has 0 aromatic carbocycles. The summed E-state index contributed by atoms with van der Waals surface area (Å²) in [6.07, 6.45) is 22.7. The monoisotopic (exact) mass is 426 g/mol. The van der Waals surface area contributed by atoms with Crippen molar-refractivity contribution < 1.29 is 19.4 Å². The van der Waals surface area contributed by atoms with Gasteiger partial charge in [-0.3, -0.25) is 9.59 Å². The zero-order valence-corrected chi connectivity index (χ0v) is 20.1. The SMILES string of the molecule is CCCCCCCCCCCCCCC(=O)OC(CCCCCCCC)CC(=O)O. The van der Waals surface area contributed by atoms with Crippen LogP contribution in [0.2, 0.25) is 0 Å². The molecule has 0 aromatic heterocycles. The fourth-order valence-corrected chi connectivity index (χ4v) is 3.90. The molecule has 0 aliphatic heterocycles. The number of carbonyl (C=O) groups is 2. The van der Waals surface area contributed by atoms with E-state index >= 15 is 0 Å². The maximum absolute atomic E-state index is 12.1. The van der Waals surface area contributed by atoms with Crippen LogP contribution >= 0.6 is 0 Å². The molecule has 0 aliphatic carbocycles. The van der Waals surface area contributed by atoms with Gasteiger partial charge < -0.3 is 9.84 Å². The summed E-state index contributed by atoms with van der Waals surface area (Å²) in [6.45, 7) is 4.45. The van der Waals surface area contributed by atoms with Gasteiger partial charge in [-0.05, 0) is 19.3 Å². The Morgan fingerprint density at radius 2 is 1.03 bits per heavy atom. The van der Waals surface area contributed by atoms with Crippen LogP contribution in [0.5, 0.6) is 0 Å². The largest absolute Gasteiger partial charge is 0.481 e. The third kappa shape index (κ3) is 21.6. The number of esters is 1. The zero-order chi connectivity index (χ0) is 22.3. The number of carboxylic acid groups (broad SMARTS) is 1. The fourth-order valence-electron chi connectivity index (χ4n) is 3.90. The number of ether oxygens (including phenoxy) is 1. The molecule has 1 atom stereocenters. The second-order valence-electron chi connectivity index (χ2n) is 8.91. The van der Waals surface area contributed by atoms with E-state index in [-0.39, 0.29) is 12.4 Å². The van der Waals surface area contributed by atoms with Crippen LogP contribution in [-0.4, -0.2) is 23.1 Å². The molecule has 178 valence electrons. The first-order valence-corrected chi connectivity index (χ1v) is 13.0. The highest BCUT2D eigenvalue weighted by atomic mass is 16.5. The molecule has 0 spiro atoms. The number of unbranched alkanes of at least 4 members (excludes halogenated alkanes) is 16. The van der Waals surface area contributed by atoms with E-state index in [2.05, 4.69) is 13.8 Å². The Labute approximate surface area is 186 Å². The highest BCUT2D eigenvalue weighted by Crippen LogP contribution is 2.16. The molecule has 0 amide bonds. The van der Waals surface area contributed by atoms with Crippen molar-refractivity contribution in [1.82, 2.24) is 0 Å². The molecule has 0 heterocycles. The Hall–Kier alpha value is -1.06. The van der Waals surface area contributed by atoms with Crippen LogP contribution in [0.3, 0.4) is 0 Å². The maximum atomic E-state index is 12.1. The molecule has 0 aliphatic rings. The topological polar surface area (TPSA) is 63.6 Å². The lowest BCUT2D eigenvalue weighted by Crippen LogP contribution is -2.21. The van der Waals surface area contributed by atoms with Crippen molar-refractivity contribution in [3.63, 3.8) is 0 Å². The van der Waals surface area contributed by atoms with Crippen molar-refractivity contribution in [1.29, 1.82) is 0 Å². The summed E-state index contributed by atoms with van der Waals surface area (Å²) >= 11 is 0. The number of rotatable bonds is 23. The van der Waals surface area contributed by atoms with Crippen LogP contribution in [0.15, 0.2) is 0 Å². The molecule has 0 saturated carbocycles. The summed E-state index contributed by atoms with van der Waals surface area (Å²) in [5.74, 6) is -1.11.